The first kappa shape index (κ1) is 17.2. The zero-order valence-electron chi connectivity index (χ0n) is 14.5. The van der Waals surface area contributed by atoms with Gasteiger partial charge < -0.3 is 15.0 Å². The number of carbonyl (C=O) groups is 1. The first-order chi connectivity index (χ1) is 12.3. The van der Waals surface area contributed by atoms with Gasteiger partial charge in [0, 0.05) is 25.5 Å². The minimum absolute atomic E-state index is 0.0215. The van der Waals surface area contributed by atoms with E-state index in [-0.39, 0.29) is 11.8 Å². The second kappa shape index (κ2) is 8.46. The minimum Gasteiger partial charge on any atom is -0.491 e. The number of rotatable bonds is 6. The van der Waals surface area contributed by atoms with Crippen LogP contribution in [0.5, 0.6) is 5.75 Å². The number of carbonyl (C=O) groups excluding carboxylic acids is 1. The Labute approximate surface area is 148 Å². The molecule has 0 saturated carbocycles. The molecule has 0 spiro atoms. The third-order valence-electron chi connectivity index (χ3n) is 4.23. The summed E-state index contributed by atoms with van der Waals surface area (Å²) in [6.07, 6.45) is 6.20. The molecule has 2 heterocycles. The van der Waals surface area contributed by atoms with Gasteiger partial charge in [0.05, 0.1) is 18.2 Å². The molecule has 1 fully saturated rings. The summed E-state index contributed by atoms with van der Waals surface area (Å²) < 4.78 is 5.72. The number of anilines is 2. The molecule has 2 aromatic rings. The summed E-state index contributed by atoms with van der Waals surface area (Å²) in [4.78, 5) is 23.4. The number of ether oxygens (including phenoxy) is 1. The van der Waals surface area contributed by atoms with Crippen LogP contribution in [-0.2, 0) is 4.79 Å². The molecule has 1 aliphatic rings. The maximum atomic E-state index is 12.7. The van der Waals surface area contributed by atoms with Gasteiger partial charge in [0.25, 0.3) is 0 Å². The molecule has 1 saturated heterocycles. The average molecular weight is 340 g/mol. The van der Waals surface area contributed by atoms with Crippen LogP contribution in [-0.4, -0.2) is 35.6 Å². The highest BCUT2D eigenvalue weighted by Crippen LogP contribution is 2.26. The summed E-state index contributed by atoms with van der Waals surface area (Å²) in [6, 6.07) is 9.38. The van der Waals surface area contributed by atoms with E-state index in [4.69, 9.17) is 4.74 Å². The molecule has 1 unspecified atom stereocenters. The SMILES string of the molecule is CCCOc1ccccc1NC(=O)C1CCCN(c2ncccn2)C1. The molecule has 3 rings (SSSR count). The van der Waals surface area contributed by atoms with Crippen molar-refractivity contribution < 1.29 is 9.53 Å². The van der Waals surface area contributed by atoms with Gasteiger partial charge >= 0.3 is 0 Å². The van der Waals surface area contributed by atoms with E-state index in [1.807, 2.05) is 24.3 Å². The summed E-state index contributed by atoms with van der Waals surface area (Å²) in [5.74, 6) is 1.34. The lowest BCUT2D eigenvalue weighted by Gasteiger charge is -2.32. The summed E-state index contributed by atoms with van der Waals surface area (Å²) in [6.45, 7) is 4.21. The highest BCUT2D eigenvalue weighted by molar-refractivity contribution is 5.94. The van der Waals surface area contributed by atoms with Crippen molar-refractivity contribution in [2.75, 3.05) is 29.9 Å². The van der Waals surface area contributed by atoms with Crippen molar-refractivity contribution in [3.8, 4) is 5.75 Å². The first-order valence-corrected chi connectivity index (χ1v) is 8.82. The predicted octanol–water partition coefficient (Wildman–Crippen LogP) is 3.12. The zero-order chi connectivity index (χ0) is 17.5. The number of hydrogen-bond acceptors (Lipinski definition) is 5. The molecule has 0 bridgehead atoms. The molecule has 0 radical (unpaired) electrons. The van der Waals surface area contributed by atoms with E-state index in [0.717, 1.165) is 37.2 Å². The second-order valence-corrected chi connectivity index (χ2v) is 6.17. The Morgan fingerprint density at radius 1 is 1.28 bits per heavy atom. The van der Waals surface area contributed by atoms with Gasteiger partial charge in [-0.25, -0.2) is 9.97 Å². The monoisotopic (exact) mass is 340 g/mol. The maximum absolute atomic E-state index is 12.7. The van der Waals surface area contributed by atoms with Gasteiger partial charge in [-0.3, -0.25) is 4.79 Å². The summed E-state index contributed by atoms with van der Waals surface area (Å²) >= 11 is 0. The van der Waals surface area contributed by atoms with Crippen LogP contribution < -0.4 is 15.0 Å². The Bertz CT molecular complexity index is 693. The van der Waals surface area contributed by atoms with Crippen LogP contribution in [0.15, 0.2) is 42.7 Å². The van der Waals surface area contributed by atoms with E-state index in [0.29, 0.717) is 19.1 Å². The van der Waals surface area contributed by atoms with Crippen LogP contribution in [0.1, 0.15) is 26.2 Å². The fourth-order valence-corrected chi connectivity index (χ4v) is 2.97. The number of para-hydroxylation sites is 2. The number of nitrogens with one attached hydrogen (secondary N) is 1. The Hall–Kier alpha value is -2.63. The molecule has 0 aliphatic carbocycles. The predicted molar refractivity (Wildman–Crippen MR) is 97.8 cm³/mol. The van der Waals surface area contributed by atoms with Gasteiger partial charge in [0.2, 0.25) is 11.9 Å². The molecule has 1 aliphatic heterocycles. The van der Waals surface area contributed by atoms with Gasteiger partial charge in [-0.2, -0.15) is 0 Å². The summed E-state index contributed by atoms with van der Waals surface area (Å²) in [5, 5.41) is 3.03. The van der Waals surface area contributed by atoms with Crippen LogP contribution in [0.2, 0.25) is 0 Å². The van der Waals surface area contributed by atoms with Crippen molar-refractivity contribution >= 4 is 17.5 Å². The van der Waals surface area contributed by atoms with Gasteiger partial charge in [-0.15, -0.1) is 0 Å². The van der Waals surface area contributed by atoms with Crippen LogP contribution in [0.4, 0.5) is 11.6 Å². The maximum Gasteiger partial charge on any atom is 0.229 e. The molecule has 132 valence electrons. The smallest absolute Gasteiger partial charge is 0.229 e. The number of nitrogens with zero attached hydrogens (tertiary/aromatic N) is 3. The van der Waals surface area contributed by atoms with Crippen molar-refractivity contribution in [2.45, 2.75) is 26.2 Å². The average Bonchev–Trinajstić information content (AvgIpc) is 2.68. The standard InChI is InChI=1S/C19H24N4O2/c1-2-13-25-17-9-4-3-8-16(17)22-18(24)15-7-5-12-23(14-15)19-20-10-6-11-21-19/h3-4,6,8-11,15H,2,5,7,12-14H2,1H3,(H,22,24). The van der Waals surface area contributed by atoms with Gasteiger partial charge in [-0.05, 0) is 37.5 Å². The van der Waals surface area contributed by atoms with E-state index >= 15 is 0 Å². The van der Waals surface area contributed by atoms with E-state index in [9.17, 15) is 4.79 Å². The Balaban J connectivity index is 1.65. The van der Waals surface area contributed by atoms with Crippen molar-refractivity contribution in [1.82, 2.24) is 9.97 Å². The van der Waals surface area contributed by atoms with Crippen LogP contribution in [0.3, 0.4) is 0 Å². The molecule has 6 heteroatoms. The number of benzene rings is 1. The molecule has 1 atom stereocenters. The zero-order valence-corrected chi connectivity index (χ0v) is 14.5. The molecule has 25 heavy (non-hydrogen) atoms. The third-order valence-corrected chi connectivity index (χ3v) is 4.23. The highest BCUT2D eigenvalue weighted by atomic mass is 16.5. The molecule has 6 nitrogen and oxygen atoms in total. The van der Waals surface area contributed by atoms with E-state index in [1.54, 1.807) is 18.5 Å². The van der Waals surface area contributed by atoms with Crippen molar-refractivity contribution in [2.24, 2.45) is 5.92 Å². The van der Waals surface area contributed by atoms with Gasteiger partial charge in [-0.1, -0.05) is 19.1 Å². The molecule has 1 aromatic heterocycles. The van der Waals surface area contributed by atoms with Crippen LogP contribution >= 0.6 is 0 Å². The molecule has 1 aromatic carbocycles. The number of aromatic nitrogens is 2. The summed E-state index contributed by atoms with van der Waals surface area (Å²) in [7, 11) is 0. The normalized spacial score (nSPS) is 17.2. The lowest BCUT2D eigenvalue weighted by Crippen LogP contribution is -2.41. The Kier molecular flexibility index (Phi) is 5.82. The minimum atomic E-state index is -0.0863. The largest absolute Gasteiger partial charge is 0.491 e. The van der Waals surface area contributed by atoms with Crippen molar-refractivity contribution in [1.29, 1.82) is 0 Å². The highest BCUT2D eigenvalue weighted by Gasteiger charge is 2.27. The van der Waals surface area contributed by atoms with Crippen LogP contribution in [0.25, 0.3) is 0 Å². The number of piperidine rings is 1. The number of hydrogen-bond donors (Lipinski definition) is 1. The quantitative estimate of drug-likeness (QED) is 0.875. The lowest BCUT2D eigenvalue weighted by atomic mass is 9.97. The van der Waals surface area contributed by atoms with E-state index < -0.39 is 0 Å². The van der Waals surface area contributed by atoms with Gasteiger partial charge in [0.1, 0.15) is 5.75 Å². The lowest BCUT2D eigenvalue weighted by molar-refractivity contribution is -0.120. The van der Waals surface area contributed by atoms with Crippen LogP contribution in [0, 0.1) is 5.92 Å². The topological polar surface area (TPSA) is 67.3 Å². The third kappa shape index (κ3) is 4.47. The van der Waals surface area contributed by atoms with E-state index in [1.165, 1.54) is 0 Å². The second-order valence-electron chi connectivity index (χ2n) is 6.17. The molecular formula is C19H24N4O2. The number of amides is 1. The first-order valence-electron chi connectivity index (χ1n) is 8.82. The Morgan fingerprint density at radius 2 is 2.08 bits per heavy atom. The molecule has 1 amide bonds. The molecular weight excluding hydrogens is 316 g/mol. The fourth-order valence-electron chi connectivity index (χ4n) is 2.97. The van der Waals surface area contributed by atoms with Crippen molar-refractivity contribution in [3.63, 3.8) is 0 Å². The van der Waals surface area contributed by atoms with Crippen molar-refractivity contribution in [3.05, 3.63) is 42.7 Å². The Morgan fingerprint density at radius 3 is 2.88 bits per heavy atom. The van der Waals surface area contributed by atoms with Gasteiger partial charge in [0.15, 0.2) is 0 Å². The summed E-state index contributed by atoms with van der Waals surface area (Å²) in [5.41, 5.74) is 0.731. The molecule has 1 N–H and O–H groups in total. The van der Waals surface area contributed by atoms with E-state index in [2.05, 4.69) is 27.1 Å². The fraction of sp³-hybridized carbons (Fsp3) is 0.421.